The van der Waals surface area contributed by atoms with Crippen LogP contribution in [0.5, 0.6) is 0 Å². The lowest BCUT2D eigenvalue weighted by Gasteiger charge is -2.31. The van der Waals surface area contributed by atoms with Crippen molar-refractivity contribution in [2.75, 3.05) is 29.4 Å². The second kappa shape index (κ2) is 7.13. The Bertz CT molecular complexity index is 727. The second-order valence-electron chi connectivity index (χ2n) is 6.75. The molecule has 2 aliphatic heterocycles. The highest BCUT2D eigenvalue weighted by Crippen LogP contribution is 2.34. The fraction of sp³-hybridized carbons (Fsp3) is 0.400. The summed E-state index contributed by atoms with van der Waals surface area (Å²) in [4.78, 5) is 21.6. The Balaban J connectivity index is 1.55. The van der Waals surface area contributed by atoms with Crippen LogP contribution in [-0.4, -0.2) is 36.7 Å². The highest BCUT2D eigenvalue weighted by molar-refractivity contribution is 5.94. The van der Waals surface area contributed by atoms with Crippen LogP contribution >= 0.6 is 0 Å². The van der Waals surface area contributed by atoms with Gasteiger partial charge in [0.15, 0.2) is 0 Å². The Morgan fingerprint density at radius 2 is 1.80 bits per heavy atom. The molecule has 3 heterocycles. The van der Waals surface area contributed by atoms with Crippen LogP contribution in [0.3, 0.4) is 0 Å². The third-order valence-electron chi connectivity index (χ3n) is 5.12. The third kappa shape index (κ3) is 3.31. The lowest BCUT2D eigenvalue weighted by Crippen LogP contribution is -2.45. The van der Waals surface area contributed by atoms with Gasteiger partial charge in [0, 0.05) is 31.4 Å². The SMILES string of the molecule is O=C(NC1CCCN1c1cnccc1N1CCCC1)c1ccccc1. The molecule has 5 heteroatoms. The van der Waals surface area contributed by atoms with E-state index in [4.69, 9.17) is 0 Å². The number of hydrogen-bond donors (Lipinski definition) is 1. The lowest BCUT2D eigenvalue weighted by atomic mass is 10.2. The first-order valence-electron chi connectivity index (χ1n) is 9.14. The van der Waals surface area contributed by atoms with E-state index in [-0.39, 0.29) is 12.1 Å². The van der Waals surface area contributed by atoms with Crippen molar-refractivity contribution in [2.45, 2.75) is 31.8 Å². The molecule has 25 heavy (non-hydrogen) atoms. The molecule has 2 fully saturated rings. The number of benzene rings is 1. The maximum Gasteiger partial charge on any atom is 0.252 e. The van der Waals surface area contributed by atoms with Crippen LogP contribution < -0.4 is 15.1 Å². The number of aromatic nitrogens is 1. The molecule has 2 aliphatic rings. The van der Waals surface area contributed by atoms with E-state index in [1.807, 2.05) is 42.7 Å². The largest absolute Gasteiger partial charge is 0.370 e. The van der Waals surface area contributed by atoms with Gasteiger partial charge >= 0.3 is 0 Å². The van der Waals surface area contributed by atoms with Gasteiger partial charge < -0.3 is 15.1 Å². The summed E-state index contributed by atoms with van der Waals surface area (Å²) >= 11 is 0. The maximum atomic E-state index is 12.6. The van der Waals surface area contributed by atoms with E-state index in [0.717, 1.165) is 38.2 Å². The summed E-state index contributed by atoms with van der Waals surface area (Å²) in [5, 5.41) is 3.20. The number of hydrogen-bond acceptors (Lipinski definition) is 4. The standard InChI is InChI=1S/C20H24N4O/c25-20(16-7-2-1-3-8-16)22-19-9-6-14-24(19)18-15-21-11-10-17(18)23-12-4-5-13-23/h1-3,7-8,10-11,15,19H,4-6,9,12-14H2,(H,22,25). The van der Waals surface area contributed by atoms with Crippen molar-refractivity contribution in [1.29, 1.82) is 0 Å². The topological polar surface area (TPSA) is 48.5 Å². The summed E-state index contributed by atoms with van der Waals surface area (Å²) in [6, 6.07) is 11.5. The molecule has 1 N–H and O–H groups in total. The van der Waals surface area contributed by atoms with Crippen molar-refractivity contribution < 1.29 is 4.79 Å². The normalized spacial score (nSPS) is 20.1. The second-order valence-corrected chi connectivity index (χ2v) is 6.75. The summed E-state index contributed by atoms with van der Waals surface area (Å²) in [5.41, 5.74) is 3.09. The van der Waals surface area contributed by atoms with Crippen molar-refractivity contribution >= 4 is 17.3 Å². The number of amides is 1. The molecule has 130 valence electrons. The summed E-state index contributed by atoms with van der Waals surface area (Å²) < 4.78 is 0. The number of carbonyl (C=O) groups is 1. The fourth-order valence-electron chi connectivity index (χ4n) is 3.85. The predicted octanol–water partition coefficient (Wildman–Crippen LogP) is 3.04. The number of rotatable bonds is 4. The highest BCUT2D eigenvalue weighted by Gasteiger charge is 2.29. The maximum absolute atomic E-state index is 12.6. The number of carbonyl (C=O) groups excluding carboxylic acids is 1. The smallest absolute Gasteiger partial charge is 0.252 e. The molecule has 0 saturated carbocycles. The van der Waals surface area contributed by atoms with Gasteiger partial charge in [0.25, 0.3) is 5.91 Å². The summed E-state index contributed by atoms with van der Waals surface area (Å²) in [5.74, 6) is -0.0101. The van der Waals surface area contributed by atoms with Crippen molar-refractivity contribution in [2.24, 2.45) is 0 Å². The first kappa shape index (κ1) is 15.9. The first-order chi connectivity index (χ1) is 12.3. The summed E-state index contributed by atoms with van der Waals surface area (Å²) in [7, 11) is 0. The molecule has 4 rings (SSSR count). The van der Waals surface area contributed by atoms with Crippen molar-refractivity contribution in [1.82, 2.24) is 10.3 Å². The zero-order valence-corrected chi connectivity index (χ0v) is 14.4. The van der Waals surface area contributed by atoms with Crippen LogP contribution in [0.2, 0.25) is 0 Å². The average Bonchev–Trinajstić information content (AvgIpc) is 3.34. The van der Waals surface area contributed by atoms with Crippen LogP contribution in [-0.2, 0) is 0 Å². The third-order valence-corrected chi connectivity index (χ3v) is 5.12. The number of nitrogens with one attached hydrogen (secondary N) is 1. The van der Waals surface area contributed by atoms with Gasteiger partial charge in [-0.3, -0.25) is 9.78 Å². The molecule has 0 aliphatic carbocycles. The van der Waals surface area contributed by atoms with Crippen molar-refractivity contribution in [3.05, 3.63) is 54.4 Å². The molecular weight excluding hydrogens is 312 g/mol. The van der Waals surface area contributed by atoms with E-state index in [1.165, 1.54) is 18.5 Å². The molecule has 0 radical (unpaired) electrons. The molecule has 1 unspecified atom stereocenters. The Morgan fingerprint density at radius 3 is 2.60 bits per heavy atom. The highest BCUT2D eigenvalue weighted by atomic mass is 16.1. The van der Waals surface area contributed by atoms with Crippen LogP contribution in [0.1, 0.15) is 36.0 Å². The number of pyridine rings is 1. The van der Waals surface area contributed by atoms with Gasteiger partial charge in [0.2, 0.25) is 0 Å². The van der Waals surface area contributed by atoms with Crippen LogP contribution in [0.4, 0.5) is 11.4 Å². The predicted molar refractivity (Wildman–Crippen MR) is 100.0 cm³/mol. The van der Waals surface area contributed by atoms with E-state index in [0.29, 0.717) is 5.56 Å². The molecule has 0 bridgehead atoms. The van der Waals surface area contributed by atoms with Gasteiger partial charge in [-0.05, 0) is 43.9 Å². The first-order valence-corrected chi connectivity index (χ1v) is 9.14. The van der Waals surface area contributed by atoms with E-state index in [9.17, 15) is 4.79 Å². The van der Waals surface area contributed by atoms with Crippen molar-refractivity contribution in [3.8, 4) is 0 Å². The van der Waals surface area contributed by atoms with E-state index in [1.54, 1.807) is 0 Å². The lowest BCUT2D eigenvalue weighted by molar-refractivity contribution is 0.0938. The van der Waals surface area contributed by atoms with Gasteiger partial charge in [0.1, 0.15) is 6.17 Å². The summed E-state index contributed by atoms with van der Waals surface area (Å²) in [6.45, 7) is 3.16. The van der Waals surface area contributed by atoms with E-state index >= 15 is 0 Å². The minimum Gasteiger partial charge on any atom is -0.370 e. The Morgan fingerprint density at radius 1 is 1.00 bits per heavy atom. The number of anilines is 2. The molecule has 1 amide bonds. The molecule has 1 aromatic heterocycles. The van der Waals surface area contributed by atoms with Gasteiger partial charge in [-0.25, -0.2) is 0 Å². The van der Waals surface area contributed by atoms with E-state index < -0.39 is 0 Å². The fourth-order valence-corrected chi connectivity index (χ4v) is 3.85. The zero-order valence-electron chi connectivity index (χ0n) is 14.4. The monoisotopic (exact) mass is 336 g/mol. The Labute approximate surface area is 148 Å². The van der Waals surface area contributed by atoms with Gasteiger partial charge in [-0.1, -0.05) is 18.2 Å². The average molecular weight is 336 g/mol. The molecule has 1 atom stereocenters. The molecule has 2 saturated heterocycles. The number of nitrogens with zero attached hydrogens (tertiary/aromatic N) is 3. The molecule has 5 nitrogen and oxygen atoms in total. The van der Waals surface area contributed by atoms with Crippen molar-refractivity contribution in [3.63, 3.8) is 0 Å². The Hall–Kier alpha value is -2.56. The van der Waals surface area contributed by atoms with Crippen LogP contribution in [0.25, 0.3) is 0 Å². The van der Waals surface area contributed by atoms with Gasteiger partial charge in [-0.2, -0.15) is 0 Å². The summed E-state index contributed by atoms with van der Waals surface area (Å²) in [6.07, 6.45) is 8.37. The van der Waals surface area contributed by atoms with Crippen LogP contribution in [0.15, 0.2) is 48.8 Å². The minimum absolute atomic E-state index is 0.0101. The van der Waals surface area contributed by atoms with Crippen LogP contribution in [0, 0.1) is 0 Å². The zero-order chi connectivity index (χ0) is 17.1. The van der Waals surface area contributed by atoms with Gasteiger partial charge in [0.05, 0.1) is 17.6 Å². The molecule has 2 aromatic rings. The quantitative estimate of drug-likeness (QED) is 0.932. The molecule has 1 aromatic carbocycles. The Kier molecular flexibility index (Phi) is 4.55. The molecular formula is C20H24N4O. The van der Waals surface area contributed by atoms with Gasteiger partial charge in [-0.15, -0.1) is 0 Å². The minimum atomic E-state index is -0.0101. The molecule has 0 spiro atoms. The van der Waals surface area contributed by atoms with E-state index in [2.05, 4.69) is 26.2 Å².